The van der Waals surface area contributed by atoms with Crippen molar-refractivity contribution in [2.45, 2.75) is 4.90 Å². The van der Waals surface area contributed by atoms with E-state index in [1.807, 2.05) is 0 Å². The Balaban J connectivity index is 2.93. The van der Waals surface area contributed by atoms with Crippen LogP contribution in [0.1, 0.15) is 0 Å². The lowest BCUT2D eigenvalue weighted by Crippen LogP contribution is -2.10. The molecule has 0 fully saturated rings. The molecule has 0 aliphatic carbocycles. The zero-order chi connectivity index (χ0) is 10.6. The van der Waals surface area contributed by atoms with Crippen LogP contribution in [0.3, 0.4) is 0 Å². The number of hydrogen-bond donors (Lipinski definition) is 1. The predicted octanol–water partition coefficient (Wildman–Crippen LogP) is 1.01. The summed E-state index contributed by atoms with van der Waals surface area (Å²) in [7, 11) is -3.33. The second-order valence-corrected chi connectivity index (χ2v) is 4.97. The standard InChI is InChI=1S/C10H12O3S/c1-9(7-11)8-14(12,13)10-5-3-2-4-6-10/h2-6,11H,1,7-8H2. The van der Waals surface area contributed by atoms with Gasteiger partial charge in [-0.15, -0.1) is 0 Å². The van der Waals surface area contributed by atoms with Crippen LogP contribution in [0.4, 0.5) is 0 Å². The Morgan fingerprint density at radius 2 is 1.86 bits per heavy atom. The molecule has 0 heterocycles. The molecule has 0 unspecified atom stereocenters. The fraction of sp³-hybridized carbons (Fsp3) is 0.200. The monoisotopic (exact) mass is 212 g/mol. The molecule has 0 atom stereocenters. The van der Waals surface area contributed by atoms with Crippen molar-refractivity contribution in [3.8, 4) is 0 Å². The van der Waals surface area contributed by atoms with Gasteiger partial charge in [-0.1, -0.05) is 24.8 Å². The van der Waals surface area contributed by atoms with Crippen LogP contribution in [0.25, 0.3) is 0 Å². The lowest BCUT2D eigenvalue weighted by atomic mass is 10.4. The molecule has 3 nitrogen and oxygen atoms in total. The molecule has 0 spiro atoms. The first kappa shape index (κ1) is 10.9. The van der Waals surface area contributed by atoms with Crippen LogP contribution in [-0.2, 0) is 9.84 Å². The first-order chi connectivity index (χ1) is 6.56. The number of sulfone groups is 1. The highest BCUT2D eigenvalue weighted by Crippen LogP contribution is 2.12. The highest BCUT2D eigenvalue weighted by molar-refractivity contribution is 7.91. The van der Waals surface area contributed by atoms with Crippen molar-refractivity contribution >= 4 is 9.84 Å². The number of aliphatic hydroxyl groups is 1. The van der Waals surface area contributed by atoms with Gasteiger partial charge >= 0.3 is 0 Å². The summed E-state index contributed by atoms with van der Waals surface area (Å²) < 4.78 is 23.3. The van der Waals surface area contributed by atoms with Gasteiger partial charge in [0.15, 0.2) is 9.84 Å². The first-order valence-electron chi connectivity index (χ1n) is 4.11. The van der Waals surface area contributed by atoms with Gasteiger partial charge in [-0.05, 0) is 17.7 Å². The summed E-state index contributed by atoms with van der Waals surface area (Å²) in [5.41, 5.74) is 0.300. The van der Waals surface area contributed by atoms with Crippen LogP contribution in [0, 0.1) is 0 Å². The van der Waals surface area contributed by atoms with Crippen molar-refractivity contribution in [1.29, 1.82) is 0 Å². The third-order valence-electron chi connectivity index (χ3n) is 1.72. The average Bonchev–Trinajstić information content (AvgIpc) is 2.18. The number of benzene rings is 1. The third kappa shape index (κ3) is 2.68. The molecule has 1 rings (SSSR count). The minimum Gasteiger partial charge on any atom is -0.392 e. The molecule has 0 radical (unpaired) electrons. The minimum atomic E-state index is -3.33. The number of aliphatic hydroxyl groups excluding tert-OH is 1. The normalized spacial score (nSPS) is 11.2. The van der Waals surface area contributed by atoms with Crippen molar-refractivity contribution in [2.24, 2.45) is 0 Å². The smallest absolute Gasteiger partial charge is 0.182 e. The number of rotatable bonds is 4. The Morgan fingerprint density at radius 3 is 2.36 bits per heavy atom. The van der Waals surface area contributed by atoms with Gasteiger partial charge < -0.3 is 5.11 Å². The van der Waals surface area contributed by atoms with E-state index in [1.54, 1.807) is 18.2 Å². The lowest BCUT2D eigenvalue weighted by molar-refractivity contribution is 0.332. The molecule has 0 amide bonds. The van der Waals surface area contributed by atoms with Gasteiger partial charge in [0.05, 0.1) is 17.3 Å². The molecular formula is C10H12O3S. The Kier molecular flexibility index (Phi) is 3.43. The lowest BCUT2D eigenvalue weighted by Gasteiger charge is -2.04. The maximum Gasteiger partial charge on any atom is 0.182 e. The zero-order valence-corrected chi connectivity index (χ0v) is 8.50. The highest BCUT2D eigenvalue weighted by atomic mass is 32.2. The number of hydrogen-bond acceptors (Lipinski definition) is 3. The van der Waals surface area contributed by atoms with Crippen molar-refractivity contribution in [2.75, 3.05) is 12.4 Å². The van der Waals surface area contributed by atoms with Gasteiger partial charge in [-0.2, -0.15) is 0 Å². The Hall–Kier alpha value is -1.13. The SMILES string of the molecule is C=C(CO)CS(=O)(=O)c1ccccc1. The summed E-state index contributed by atoms with van der Waals surface area (Å²) >= 11 is 0. The average molecular weight is 212 g/mol. The quantitative estimate of drug-likeness (QED) is 0.758. The van der Waals surface area contributed by atoms with Crippen LogP contribution >= 0.6 is 0 Å². The summed E-state index contributed by atoms with van der Waals surface area (Å²) in [6.45, 7) is 3.16. The van der Waals surface area contributed by atoms with E-state index in [0.29, 0.717) is 5.57 Å². The van der Waals surface area contributed by atoms with Crippen molar-refractivity contribution in [3.05, 3.63) is 42.5 Å². The minimum absolute atomic E-state index is 0.201. The Bertz CT molecular complexity index is 406. The third-order valence-corrected chi connectivity index (χ3v) is 3.50. The molecule has 4 heteroatoms. The second-order valence-electron chi connectivity index (χ2n) is 2.98. The van der Waals surface area contributed by atoms with Crippen LogP contribution in [0.15, 0.2) is 47.4 Å². The van der Waals surface area contributed by atoms with Crippen LogP contribution < -0.4 is 0 Å². The van der Waals surface area contributed by atoms with Crippen molar-refractivity contribution < 1.29 is 13.5 Å². The molecule has 0 saturated carbocycles. The first-order valence-corrected chi connectivity index (χ1v) is 5.77. The topological polar surface area (TPSA) is 54.4 Å². The molecular weight excluding hydrogens is 200 g/mol. The van der Waals surface area contributed by atoms with E-state index in [0.717, 1.165) is 0 Å². The van der Waals surface area contributed by atoms with E-state index < -0.39 is 9.84 Å². The van der Waals surface area contributed by atoms with Crippen LogP contribution in [-0.4, -0.2) is 25.9 Å². The highest BCUT2D eigenvalue weighted by Gasteiger charge is 2.14. The van der Waals surface area contributed by atoms with E-state index >= 15 is 0 Å². The van der Waals surface area contributed by atoms with Crippen molar-refractivity contribution in [1.82, 2.24) is 0 Å². The Morgan fingerprint density at radius 1 is 1.29 bits per heavy atom. The Labute approximate surface area is 83.6 Å². The molecule has 0 aromatic heterocycles. The maximum absolute atomic E-state index is 11.6. The maximum atomic E-state index is 11.6. The summed E-state index contributed by atoms with van der Waals surface area (Å²) in [4.78, 5) is 0.259. The van der Waals surface area contributed by atoms with Gasteiger partial charge in [0.25, 0.3) is 0 Å². The molecule has 1 N–H and O–H groups in total. The fourth-order valence-corrected chi connectivity index (χ4v) is 2.39. The van der Waals surface area contributed by atoms with E-state index in [9.17, 15) is 8.42 Å². The van der Waals surface area contributed by atoms with Crippen molar-refractivity contribution in [3.63, 3.8) is 0 Å². The van der Waals surface area contributed by atoms with Crippen LogP contribution in [0.2, 0.25) is 0 Å². The molecule has 1 aromatic rings. The van der Waals surface area contributed by atoms with Gasteiger partial charge in [0.1, 0.15) is 0 Å². The van der Waals surface area contributed by atoms with Gasteiger partial charge in [0, 0.05) is 0 Å². The second kappa shape index (κ2) is 4.39. The van der Waals surface area contributed by atoms with E-state index in [-0.39, 0.29) is 17.3 Å². The predicted molar refractivity (Wildman–Crippen MR) is 54.7 cm³/mol. The zero-order valence-electron chi connectivity index (χ0n) is 7.68. The van der Waals surface area contributed by atoms with Crippen LogP contribution in [0.5, 0.6) is 0 Å². The van der Waals surface area contributed by atoms with E-state index in [2.05, 4.69) is 6.58 Å². The largest absolute Gasteiger partial charge is 0.392 e. The summed E-state index contributed by atoms with van der Waals surface area (Å²) in [6.07, 6.45) is 0. The molecule has 76 valence electrons. The summed E-state index contributed by atoms with van der Waals surface area (Å²) in [5.74, 6) is -0.201. The van der Waals surface area contributed by atoms with E-state index in [1.165, 1.54) is 12.1 Å². The van der Waals surface area contributed by atoms with Gasteiger partial charge in [-0.3, -0.25) is 0 Å². The molecule has 0 saturated heterocycles. The molecule has 1 aromatic carbocycles. The molecule has 0 bridgehead atoms. The van der Waals surface area contributed by atoms with Gasteiger partial charge in [0.2, 0.25) is 0 Å². The fourth-order valence-electron chi connectivity index (χ4n) is 1.03. The van der Waals surface area contributed by atoms with E-state index in [4.69, 9.17) is 5.11 Å². The van der Waals surface area contributed by atoms with Gasteiger partial charge in [-0.25, -0.2) is 8.42 Å². The molecule has 14 heavy (non-hydrogen) atoms. The molecule has 0 aliphatic heterocycles. The molecule has 0 aliphatic rings. The summed E-state index contributed by atoms with van der Waals surface area (Å²) in [6, 6.07) is 8.13. The summed E-state index contributed by atoms with van der Waals surface area (Å²) in [5, 5.41) is 8.68.